The number of benzene rings is 1. The summed E-state index contributed by atoms with van der Waals surface area (Å²) < 4.78 is 1.96. The van der Waals surface area contributed by atoms with Crippen molar-refractivity contribution in [2.24, 2.45) is 0 Å². The zero-order valence-corrected chi connectivity index (χ0v) is 16.5. The van der Waals surface area contributed by atoms with Crippen LogP contribution in [0.2, 0.25) is 0 Å². The number of fused-ring (bicyclic) bond motifs is 1. The number of amides is 2. The van der Waals surface area contributed by atoms with E-state index in [4.69, 9.17) is 0 Å². The van der Waals surface area contributed by atoms with E-state index in [9.17, 15) is 9.59 Å². The summed E-state index contributed by atoms with van der Waals surface area (Å²) in [7, 11) is 0. The molecule has 1 fully saturated rings. The lowest BCUT2D eigenvalue weighted by Gasteiger charge is -2.21. The number of imidazole rings is 1. The van der Waals surface area contributed by atoms with Gasteiger partial charge in [0, 0.05) is 25.3 Å². The summed E-state index contributed by atoms with van der Waals surface area (Å²) in [5.41, 5.74) is 3.24. The number of anilines is 1. The summed E-state index contributed by atoms with van der Waals surface area (Å²) in [4.78, 5) is 32.6. The van der Waals surface area contributed by atoms with Crippen LogP contribution in [0.4, 0.5) is 5.69 Å². The van der Waals surface area contributed by atoms with Crippen molar-refractivity contribution in [3.8, 4) is 0 Å². The molecule has 2 aromatic rings. The van der Waals surface area contributed by atoms with Crippen molar-refractivity contribution in [2.45, 2.75) is 58.4 Å². The lowest BCUT2D eigenvalue weighted by Crippen LogP contribution is -2.33. The number of nitrogens with zero attached hydrogens (tertiary/aromatic N) is 3. The first kappa shape index (κ1) is 18.7. The Morgan fingerprint density at radius 1 is 1.00 bits per heavy atom. The molecule has 148 valence electrons. The molecular formula is C22H28N4O2. The molecule has 1 N–H and O–H groups in total. The molecule has 6 nitrogen and oxygen atoms in total. The Hall–Kier alpha value is -2.63. The molecule has 0 saturated carbocycles. The highest BCUT2D eigenvalue weighted by Gasteiger charge is 2.30. The number of carbonyl (C=O) groups excluding carboxylic acids is 2. The fourth-order valence-corrected chi connectivity index (χ4v) is 4.22. The molecule has 28 heavy (non-hydrogen) atoms. The van der Waals surface area contributed by atoms with Gasteiger partial charge in [-0.25, -0.2) is 4.98 Å². The lowest BCUT2D eigenvalue weighted by atomic mass is 10.1. The van der Waals surface area contributed by atoms with Gasteiger partial charge < -0.3 is 14.8 Å². The highest BCUT2D eigenvalue weighted by molar-refractivity contribution is 6.03. The molecule has 1 aromatic heterocycles. The van der Waals surface area contributed by atoms with E-state index in [1.54, 1.807) is 0 Å². The molecule has 3 heterocycles. The zero-order chi connectivity index (χ0) is 19.5. The summed E-state index contributed by atoms with van der Waals surface area (Å²) in [5, 5.41) is 2.94. The van der Waals surface area contributed by atoms with Gasteiger partial charge in [-0.3, -0.25) is 9.59 Å². The van der Waals surface area contributed by atoms with Crippen LogP contribution in [0.1, 0.15) is 70.9 Å². The molecule has 0 bridgehead atoms. The van der Waals surface area contributed by atoms with Crippen LogP contribution in [0.5, 0.6) is 0 Å². The first-order valence-electron chi connectivity index (χ1n) is 10.4. The van der Waals surface area contributed by atoms with E-state index in [0.29, 0.717) is 11.5 Å². The van der Waals surface area contributed by atoms with Gasteiger partial charge in [-0.15, -0.1) is 0 Å². The largest absolute Gasteiger partial charge is 0.337 e. The standard InChI is InChI=1S/C22H28N4O2/c1-16-9-8-10-17(15-16)23-21(27)20-24-19(18-11-4-7-14-26(18)20)22(28)25-12-5-2-3-6-13-25/h8-10,15H,2-7,11-14H2,1H3,(H,23,27). The van der Waals surface area contributed by atoms with Gasteiger partial charge in [0.2, 0.25) is 0 Å². The number of nitrogens with one attached hydrogen (secondary N) is 1. The normalized spacial score (nSPS) is 17.0. The minimum atomic E-state index is -0.247. The van der Waals surface area contributed by atoms with Crippen LogP contribution < -0.4 is 5.32 Å². The lowest BCUT2D eigenvalue weighted by molar-refractivity contribution is 0.0754. The maximum Gasteiger partial charge on any atom is 0.291 e. The zero-order valence-electron chi connectivity index (χ0n) is 16.5. The van der Waals surface area contributed by atoms with Crippen LogP contribution in [-0.2, 0) is 13.0 Å². The third-order valence-electron chi connectivity index (χ3n) is 5.69. The van der Waals surface area contributed by atoms with Crippen LogP contribution in [-0.4, -0.2) is 39.4 Å². The maximum absolute atomic E-state index is 13.2. The van der Waals surface area contributed by atoms with E-state index in [1.807, 2.05) is 40.7 Å². The van der Waals surface area contributed by atoms with Gasteiger partial charge in [0.15, 0.2) is 5.82 Å². The molecule has 1 saturated heterocycles. The van der Waals surface area contributed by atoms with Crippen LogP contribution >= 0.6 is 0 Å². The number of hydrogen-bond acceptors (Lipinski definition) is 3. The molecule has 2 aliphatic rings. The molecule has 0 unspecified atom stereocenters. The van der Waals surface area contributed by atoms with Crippen molar-refractivity contribution in [3.05, 3.63) is 47.0 Å². The van der Waals surface area contributed by atoms with Crippen molar-refractivity contribution >= 4 is 17.5 Å². The van der Waals surface area contributed by atoms with Crippen molar-refractivity contribution < 1.29 is 9.59 Å². The average Bonchev–Trinajstić information content (AvgIpc) is 2.87. The van der Waals surface area contributed by atoms with E-state index >= 15 is 0 Å². The van der Waals surface area contributed by atoms with Gasteiger partial charge in [0.25, 0.3) is 11.8 Å². The number of likely N-dealkylation sites (tertiary alicyclic amines) is 1. The Bertz CT molecular complexity index is 879. The third kappa shape index (κ3) is 3.81. The van der Waals surface area contributed by atoms with E-state index < -0.39 is 0 Å². The summed E-state index contributed by atoms with van der Waals surface area (Å²) in [6.07, 6.45) is 7.28. The Morgan fingerprint density at radius 2 is 1.75 bits per heavy atom. The predicted octanol–water partition coefficient (Wildman–Crippen LogP) is 3.80. The second kappa shape index (κ2) is 8.17. The Balaban J connectivity index is 1.63. The fourth-order valence-electron chi connectivity index (χ4n) is 4.22. The summed E-state index contributed by atoms with van der Waals surface area (Å²) in [5.74, 6) is 0.0974. The third-order valence-corrected chi connectivity index (χ3v) is 5.69. The molecule has 1 aromatic carbocycles. The second-order valence-corrected chi connectivity index (χ2v) is 7.87. The monoisotopic (exact) mass is 380 g/mol. The first-order valence-corrected chi connectivity index (χ1v) is 10.4. The number of carbonyl (C=O) groups is 2. The van der Waals surface area contributed by atoms with Gasteiger partial charge in [0.05, 0.1) is 5.69 Å². The molecule has 0 spiro atoms. The van der Waals surface area contributed by atoms with E-state index in [2.05, 4.69) is 10.3 Å². The summed E-state index contributed by atoms with van der Waals surface area (Å²) in [6.45, 7) is 4.31. The quantitative estimate of drug-likeness (QED) is 0.881. The van der Waals surface area contributed by atoms with Gasteiger partial charge in [-0.1, -0.05) is 25.0 Å². The fraction of sp³-hybridized carbons (Fsp3) is 0.500. The second-order valence-electron chi connectivity index (χ2n) is 7.87. The Labute approximate surface area is 165 Å². The minimum Gasteiger partial charge on any atom is -0.337 e. The molecule has 0 radical (unpaired) electrons. The van der Waals surface area contributed by atoms with Crippen molar-refractivity contribution in [1.29, 1.82) is 0 Å². The van der Waals surface area contributed by atoms with Crippen LogP contribution in [0.3, 0.4) is 0 Å². The van der Waals surface area contributed by atoms with Gasteiger partial charge in [-0.2, -0.15) is 0 Å². The summed E-state index contributed by atoms with van der Waals surface area (Å²) >= 11 is 0. The van der Waals surface area contributed by atoms with Crippen LogP contribution in [0, 0.1) is 6.92 Å². The molecule has 4 rings (SSSR count). The maximum atomic E-state index is 13.2. The van der Waals surface area contributed by atoms with Crippen LogP contribution in [0.15, 0.2) is 24.3 Å². The van der Waals surface area contributed by atoms with Crippen molar-refractivity contribution in [2.75, 3.05) is 18.4 Å². The van der Waals surface area contributed by atoms with Crippen LogP contribution in [0.25, 0.3) is 0 Å². The number of rotatable bonds is 3. The van der Waals surface area contributed by atoms with E-state index in [-0.39, 0.29) is 11.8 Å². The molecule has 0 aliphatic carbocycles. The highest BCUT2D eigenvalue weighted by atomic mass is 16.2. The Morgan fingerprint density at radius 3 is 2.50 bits per heavy atom. The summed E-state index contributed by atoms with van der Waals surface area (Å²) in [6, 6.07) is 7.71. The van der Waals surface area contributed by atoms with Gasteiger partial charge in [0.1, 0.15) is 5.69 Å². The molecule has 2 aliphatic heterocycles. The molecular weight excluding hydrogens is 352 g/mol. The molecule has 2 amide bonds. The first-order chi connectivity index (χ1) is 13.6. The van der Waals surface area contributed by atoms with E-state index in [0.717, 1.165) is 68.7 Å². The smallest absolute Gasteiger partial charge is 0.291 e. The topological polar surface area (TPSA) is 67.2 Å². The molecule has 0 atom stereocenters. The average molecular weight is 380 g/mol. The minimum absolute atomic E-state index is 0.0119. The number of hydrogen-bond donors (Lipinski definition) is 1. The Kier molecular flexibility index (Phi) is 5.46. The van der Waals surface area contributed by atoms with Crippen molar-refractivity contribution in [1.82, 2.24) is 14.5 Å². The SMILES string of the molecule is Cc1cccc(NC(=O)c2nc(C(=O)N3CCCCCC3)c3n2CCCC3)c1. The number of aromatic nitrogens is 2. The highest BCUT2D eigenvalue weighted by Crippen LogP contribution is 2.24. The van der Waals surface area contributed by atoms with Crippen molar-refractivity contribution in [3.63, 3.8) is 0 Å². The van der Waals surface area contributed by atoms with Gasteiger partial charge >= 0.3 is 0 Å². The van der Waals surface area contributed by atoms with Gasteiger partial charge in [-0.05, 0) is 56.7 Å². The number of aryl methyl sites for hydroxylation is 1. The molecule has 6 heteroatoms. The predicted molar refractivity (Wildman–Crippen MR) is 109 cm³/mol. The van der Waals surface area contributed by atoms with E-state index in [1.165, 1.54) is 12.8 Å².